The van der Waals surface area contributed by atoms with Crippen LogP contribution in [0.15, 0.2) is 66.7 Å². The summed E-state index contributed by atoms with van der Waals surface area (Å²) in [6, 6.07) is 21.3. The van der Waals surface area contributed by atoms with Gasteiger partial charge in [-0.05, 0) is 65.4 Å². The third kappa shape index (κ3) is 4.82. The van der Waals surface area contributed by atoms with Crippen molar-refractivity contribution in [2.45, 2.75) is 32.2 Å². The summed E-state index contributed by atoms with van der Waals surface area (Å²) in [4.78, 5) is 15.4. The lowest BCUT2D eigenvalue weighted by molar-refractivity contribution is 0.0589. The van der Waals surface area contributed by atoms with Gasteiger partial charge in [0.1, 0.15) is 12.4 Å². The van der Waals surface area contributed by atoms with Crippen LogP contribution in [0.2, 0.25) is 0 Å². The minimum Gasteiger partial charge on any atom is -0.493 e. The fourth-order valence-electron chi connectivity index (χ4n) is 4.32. The van der Waals surface area contributed by atoms with Crippen molar-refractivity contribution in [2.24, 2.45) is 0 Å². The van der Waals surface area contributed by atoms with Crippen molar-refractivity contribution in [3.63, 3.8) is 0 Å². The first kappa shape index (κ1) is 22.7. The maximum Gasteiger partial charge on any atom is 0.254 e. The molecule has 0 saturated carbocycles. The van der Waals surface area contributed by atoms with Crippen LogP contribution in [0.1, 0.15) is 52.9 Å². The van der Waals surface area contributed by atoms with Crippen LogP contribution < -0.4 is 14.2 Å². The van der Waals surface area contributed by atoms with Gasteiger partial charge in [-0.1, -0.05) is 44.2 Å². The second-order valence-electron chi connectivity index (χ2n) is 8.57. The number of hydrogen-bond donors (Lipinski definition) is 0. The zero-order valence-electron chi connectivity index (χ0n) is 19.7. The maximum atomic E-state index is 13.4. The van der Waals surface area contributed by atoms with E-state index in [4.69, 9.17) is 14.2 Å². The highest BCUT2D eigenvalue weighted by molar-refractivity contribution is 5.94. The topological polar surface area (TPSA) is 48.0 Å². The van der Waals surface area contributed by atoms with Crippen LogP contribution in [-0.4, -0.2) is 38.2 Å². The van der Waals surface area contributed by atoms with Crippen LogP contribution >= 0.6 is 0 Å². The van der Waals surface area contributed by atoms with Crippen LogP contribution in [-0.2, 0) is 6.42 Å². The quantitative estimate of drug-likeness (QED) is 0.472. The molecule has 172 valence electrons. The molecule has 0 aromatic heterocycles. The summed E-state index contributed by atoms with van der Waals surface area (Å²) >= 11 is 0. The van der Waals surface area contributed by atoms with E-state index in [9.17, 15) is 4.79 Å². The van der Waals surface area contributed by atoms with E-state index in [1.807, 2.05) is 59.5 Å². The molecule has 1 aliphatic rings. The fraction of sp³-hybridized carbons (Fsp3) is 0.321. The lowest BCUT2D eigenvalue weighted by atomic mass is 9.91. The number of rotatable bonds is 7. The summed E-state index contributed by atoms with van der Waals surface area (Å²) in [6.07, 6.45) is 0.744. The normalized spacial score (nSPS) is 15.2. The minimum absolute atomic E-state index is 0.000194. The number of nitrogens with zero attached hydrogens (tertiary/aromatic N) is 1. The summed E-state index contributed by atoms with van der Waals surface area (Å²) in [7, 11) is 3.27. The highest BCUT2D eigenvalue weighted by Crippen LogP contribution is 2.39. The van der Waals surface area contributed by atoms with Crippen molar-refractivity contribution in [3.05, 3.63) is 89.0 Å². The lowest BCUT2D eigenvalue weighted by Gasteiger charge is -2.37. The molecule has 33 heavy (non-hydrogen) atoms. The van der Waals surface area contributed by atoms with Crippen molar-refractivity contribution in [2.75, 3.05) is 27.4 Å². The summed E-state index contributed by atoms with van der Waals surface area (Å²) in [5, 5.41) is 0. The van der Waals surface area contributed by atoms with Crippen LogP contribution in [0.3, 0.4) is 0 Å². The van der Waals surface area contributed by atoms with Crippen molar-refractivity contribution in [3.8, 4) is 17.2 Å². The van der Waals surface area contributed by atoms with Gasteiger partial charge in [-0.15, -0.1) is 0 Å². The van der Waals surface area contributed by atoms with E-state index >= 15 is 0 Å². The lowest BCUT2D eigenvalue weighted by Crippen LogP contribution is -2.42. The molecule has 4 rings (SSSR count). The molecule has 5 nitrogen and oxygen atoms in total. The molecule has 5 heteroatoms. The van der Waals surface area contributed by atoms with Gasteiger partial charge in [-0.3, -0.25) is 4.79 Å². The van der Waals surface area contributed by atoms with Crippen LogP contribution in [0.5, 0.6) is 17.2 Å². The Morgan fingerprint density at radius 2 is 1.64 bits per heavy atom. The van der Waals surface area contributed by atoms with E-state index in [1.165, 1.54) is 5.56 Å². The fourth-order valence-corrected chi connectivity index (χ4v) is 4.32. The number of fused-ring (bicyclic) bond motifs is 1. The minimum atomic E-state index is -0.244. The Kier molecular flexibility index (Phi) is 6.87. The van der Waals surface area contributed by atoms with E-state index in [0.29, 0.717) is 36.1 Å². The maximum absolute atomic E-state index is 13.4. The van der Waals surface area contributed by atoms with E-state index in [1.54, 1.807) is 14.2 Å². The number of hydrogen-bond acceptors (Lipinski definition) is 4. The molecule has 0 spiro atoms. The van der Waals surface area contributed by atoms with E-state index in [-0.39, 0.29) is 11.9 Å². The Hall–Kier alpha value is -3.47. The third-order valence-corrected chi connectivity index (χ3v) is 6.24. The summed E-state index contributed by atoms with van der Waals surface area (Å²) in [5.41, 5.74) is 4.12. The van der Waals surface area contributed by atoms with Gasteiger partial charge in [0.25, 0.3) is 5.91 Å². The van der Waals surface area contributed by atoms with Crippen LogP contribution in [0.25, 0.3) is 0 Å². The van der Waals surface area contributed by atoms with Crippen molar-refractivity contribution >= 4 is 5.91 Å². The first-order valence-electron chi connectivity index (χ1n) is 11.4. The molecular weight excluding hydrogens is 414 g/mol. The highest BCUT2D eigenvalue weighted by atomic mass is 16.5. The number of benzene rings is 3. The molecule has 0 aliphatic carbocycles. The monoisotopic (exact) mass is 445 g/mol. The Bertz CT molecular complexity index is 1090. The first-order chi connectivity index (χ1) is 16.0. The number of methoxy groups -OCH3 is 2. The number of amides is 1. The molecule has 1 unspecified atom stereocenters. The summed E-state index contributed by atoms with van der Waals surface area (Å²) < 4.78 is 17.3. The van der Waals surface area contributed by atoms with Gasteiger partial charge in [-0.25, -0.2) is 0 Å². The average Bonchev–Trinajstić information content (AvgIpc) is 2.86. The Labute approximate surface area is 195 Å². The molecule has 0 bridgehead atoms. The van der Waals surface area contributed by atoms with Crippen molar-refractivity contribution < 1.29 is 19.0 Å². The second kappa shape index (κ2) is 9.99. The van der Waals surface area contributed by atoms with E-state index in [2.05, 4.69) is 26.0 Å². The Morgan fingerprint density at radius 1 is 0.970 bits per heavy atom. The predicted molar refractivity (Wildman–Crippen MR) is 129 cm³/mol. The zero-order valence-corrected chi connectivity index (χ0v) is 19.7. The summed E-state index contributed by atoms with van der Waals surface area (Å²) in [5.74, 6) is 2.60. The molecular formula is C28H31NO4. The van der Waals surface area contributed by atoms with Crippen LogP contribution in [0.4, 0.5) is 0 Å². The molecule has 0 radical (unpaired) electrons. The van der Waals surface area contributed by atoms with Gasteiger partial charge in [0.2, 0.25) is 0 Å². The van der Waals surface area contributed by atoms with E-state index in [0.717, 1.165) is 23.3 Å². The van der Waals surface area contributed by atoms with Gasteiger partial charge < -0.3 is 19.1 Å². The molecule has 0 saturated heterocycles. The van der Waals surface area contributed by atoms with Gasteiger partial charge in [0, 0.05) is 12.1 Å². The van der Waals surface area contributed by atoms with Gasteiger partial charge >= 0.3 is 0 Å². The number of carbonyl (C=O) groups is 1. The van der Waals surface area contributed by atoms with Gasteiger partial charge in [0.05, 0.1) is 20.3 Å². The molecule has 1 amide bonds. The predicted octanol–water partition coefficient (Wildman–Crippen LogP) is 5.65. The van der Waals surface area contributed by atoms with Crippen molar-refractivity contribution in [1.29, 1.82) is 0 Å². The first-order valence-corrected chi connectivity index (χ1v) is 11.4. The molecule has 1 aliphatic heterocycles. The second-order valence-corrected chi connectivity index (χ2v) is 8.57. The molecule has 0 N–H and O–H groups in total. The standard InChI is InChI=1S/C28H31NO4/c1-19(2)20-10-12-23(13-11-20)33-18-25-24-17-27(32-4)26(31-3)16-22(24)14-15-29(25)28(30)21-8-6-5-7-9-21/h5-13,16-17,19,25H,14-15,18H2,1-4H3. The zero-order chi connectivity index (χ0) is 23.4. The SMILES string of the molecule is COc1cc2c(cc1OC)C(COc1ccc(C(C)C)cc1)N(C(=O)c1ccccc1)CC2. The van der Waals surface area contributed by atoms with Gasteiger partial charge in [0.15, 0.2) is 11.5 Å². The van der Waals surface area contributed by atoms with E-state index < -0.39 is 0 Å². The smallest absolute Gasteiger partial charge is 0.254 e. The molecule has 1 atom stereocenters. The Balaban J connectivity index is 1.66. The van der Waals surface area contributed by atoms with Gasteiger partial charge in [-0.2, -0.15) is 0 Å². The molecule has 1 heterocycles. The molecule has 3 aromatic rings. The highest BCUT2D eigenvalue weighted by Gasteiger charge is 2.33. The third-order valence-electron chi connectivity index (χ3n) is 6.24. The largest absolute Gasteiger partial charge is 0.493 e. The number of carbonyl (C=O) groups excluding carboxylic acids is 1. The van der Waals surface area contributed by atoms with Crippen LogP contribution in [0, 0.1) is 0 Å². The molecule has 3 aromatic carbocycles. The summed E-state index contributed by atoms with van der Waals surface area (Å²) in [6.45, 7) is 5.30. The van der Waals surface area contributed by atoms with Crippen molar-refractivity contribution in [1.82, 2.24) is 4.90 Å². The number of ether oxygens (including phenoxy) is 3. The molecule has 0 fully saturated rings. The average molecular weight is 446 g/mol. The Morgan fingerprint density at radius 3 is 2.27 bits per heavy atom.